The van der Waals surface area contributed by atoms with Crippen molar-refractivity contribution in [3.05, 3.63) is 35.9 Å². The Morgan fingerprint density at radius 3 is 2.41 bits per heavy atom. The molecule has 3 amide bonds. The molecular weight excluding hydrogens is 469 g/mol. The maximum atomic E-state index is 13.3. The van der Waals surface area contributed by atoms with Gasteiger partial charge in [-0.15, -0.1) is 11.8 Å². The van der Waals surface area contributed by atoms with Gasteiger partial charge in [0.15, 0.2) is 0 Å². The van der Waals surface area contributed by atoms with E-state index >= 15 is 0 Å². The van der Waals surface area contributed by atoms with Crippen LogP contribution in [0.15, 0.2) is 30.3 Å². The summed E-state index contributed by atoms with van der Waals surface area (Å²) >= 11 is 1.24. The standard InChI is InChI=1S/C23H29N3O6S.Na/c1-23(2)18(22(31)32)26-19(29)16(21(26)33-23)17(28)20(30)25(12-14-8-4-3-5-9-14)13-15(27)24-10-6-7-11-24;/h3-5,8-9,16-18,21,28H,6-7,10-13H2,1-2H3,(H,31,32);/q;+1/p-1/t16-,17+,18+,21-;/m1./s1. The number of hydrogen-bond donors (Lipinski definition) is 1. The first-order chi connectivity index (χ1) is 15.6. The van der Waals surface area contributed by atoms with E-state index in [0.717, 1.165) is 18.4 Å². The molecule has 4 rings (SSSR count). The Labute approximate surface area is 225 Å². The number of hydrogen-bond acceptors (Lipinski definition) is 7. The number of carboxylic acid groups (broad SMARTS) is 1. The largest absolute Gasteiger partial charge is 1.00 e. The summed E-state index contributed by atoms with van der Waals surface area (Å²) in [5.41, 5.74) is 0.794. The second kappa shape index (κ2) is 10.6. The molecule has 0 aromatic heterocycles. The third-order valence-electron chi connectivity index (χ3n) is 6.61. The van der Waals surface area contributed by atoms with Gasteiger partial charge in [0.2, 0.25) is 11.8 Å². The minimum Gasteiger partial charge on any atom is -0.548 e. The van der Waals surface area contributed by atoms with Crippen molar-refractivity contribution >= 4 is 35.5 Å². The summed E-state index contributed by atoms with van der Waals surface area (Å²) < 4.78 is -0.813. The fourth-order valence-electron chi connectivity index (χ4n) is 4.90. The molecule has 9 nitrogen and oxygen atoms in total. The molecule has 4 atom stereocenters. The Morgan fingerprint density at radius 2 is 1.82 bits per heavy atom. The summed E-state index contributed by atoms with van der Waals surface area (Å²) in [6.45, 7) is 4.61. The van der Waals surface area contributed by atoms with Gasteiger partial charge in [0.1, 0.15) is 18.6 Å². The first-order valence-corrected chi connectivity index (χ1v) is 12.0. The second-order valence-electron chi connectivity index (χ2n) is 9.32. The zero-order valence-electron chi connectivity index (χ0n) is 19.7. The number of carbonyl (C=O) groups excluding carboxylic acids is 4. The molecule has 1 aromatic rings. The minimum absolute atomic E-state index is 0. The number of aliphatic hydroxyl groups is 1. The summed E-state index contributed by atoms with van der Waals surface area (Å²) in [6.07, 6.45) is 0.168. The van der Waals surface area contributed by atoms with Crippen LogP contribution in [-0.4, -0.2) is 85.4 Å². The van der Waals surface area contributed by atoms with Gasteiger partial charge in [-0.05, 0) is 32.3 Å². The molecule has 0 bridgehead atoms. The van der Waals surface area contributed by atoms with E-state index in [0.29, 0.717) is 13.1 Å². The number of carbonyl (C=O) groups is 4. The van der Waals surface area contributed by atoms with Gasteiger partial charge in [-0.25, -0.2) is 0 Å². The van der Waals surface area contributed by atoms with E-state index in [1.807, 2.05) is 30.3 Å². The molecule has 0 aliphatic carbocycles. The van der Waals surface area contributed by atoms with Crippen molar-refractivity contribution in [3.8, 4) is 0 Å². The number of amides is 3. The van der Waals surface area contributed by atoms with E-state index in [1.165, 1.54) is 21.6 Å². The summed E-state index contributed by atoms with van der Waals surface area (Å²) in [4.78, 5) is 54.7. The van der Waals surface area contributed by atoms with Crippen LogP contribution in [0.25, 0.3) is 0 Å². The van der Waals surface area contributed by atoms with E-state index in [-0.39, 0.29) is 48.6 Å². The Balaban J connectivity index is 0.00000324. The quantitative estimate of drug-likeness (QED) is 0.306. The third kappa shape index (κ3) is 5.02. The first kappa shape index (κ1) is 27.0. The van der Waals surface area contributed by atoms with Gasteiger partial charge in [-0.2, -0.15) is 0 Å². The van der Waals surface area contributed by atoms with E-state index in [2.05, 4.69) is 0 Å². The van der Waals surface area contributed by atoms with Crippen molar-refractivity contribution in [3.63, 3.8) is 0 Å². The van der Waals surface area contributed by atoms with Crippen LogP contribution in [0.2, 0.25) is 0 Å². The van der Waals surface area contributed by atoms with Gasteiger partial charge in [0.25, 0.3) is 5.91 Å². The molecule has 3 saturated heterocycles. The van der Waals surface area contributed by atoms with Gasteiger partial charge in [0.05, 0.1) is 17.4 Å². The van der Waals surface area contributed by atoms with Crippen LogP contribution in [0.3, 0.4) is 0 Å². The average Bonchev–Trinajstić information content (AvgIpc) is 3.38. The van der Waals surface area contributed by atoms with Crippen LogP contribution in [0.4, 0.5) is 0 Å². The molecule has 11 heteroatoms. The number of nitrogens with zero attached hydrogens (tertiary/aromatic N) is 3. The molecule has 1 N–H and O–H groups in total. The summed E-state index contributed by atoms with van der Waals surface area (Å²) in [7, 11) is 0. The van der Waals surface area contributed by atoms with Crippen molar-refractivity contribution in [1.82, 2.24) is 14.7 Å². The maximum Gasteiger partial charge on any atom is 1.00 e. The molecule has 3 fully saturated rings. The van der Waals surface area contributed by atoms with Gasteiger partial charge in [-0.3, -0.25) is 14.4 Å². The number of thioether (sulfide) groups is 1. The van der Waals surface area contributed by atoms with Gasteiger partial charge < -0.3 is 29.7 Å². The number of carboxylic acids is 1. The molecule has 34 heavy (non-hydrogen) atoms. The van der Waals surface area contributed by atoms with Crippen LogP contribution in [0.5, 0.6) is 0 Å². The molecule has 0 unspecified atom stereocenters. The van der Waals surface area contributed by atoms with Gasteiger partial charge in [0, 0.05) is 24.4 Å². The molecule has 3 aliphatic heterocycles. The van der Waals surface area contributed by atoms with E-state index < -0.39 is 46.0 Å². The molecule has 0 saturated carbocycles. The number of benzene rings is 1. The van der Waals surface area contributed by atoms with Crippen molar-refractivity contribution in [2.45, 2.75) is 55.5 Å². The summed E-state index contributed by atoms with van der Waals surface area (Å²) in [5, 5.41) is 21.9. The Hall–Kier alpha value is -1.59. The number of aliphatic carboxylic acids is 1. The first-order valence-electron chi connectivity index (χ1n) is 11.1. The van der Waals surface area contributed by atoms with Crippen molar-refractivity contribution < 1.29 is 58.9 Å². The van der Waals surface area contributed by atoms with Crippen molar-refractivity contribution in [2.24, 2.45) is 5.92 Å². The zero-order chi connectivity index (χ0) is 23.9. The third-order valence-corrected chi connectivity index (χ3v) is 8.20. The van der Waals surface area contributed by atoms with E-state index in [1.54, 1.807) is 18.7 Å². The number of β-lactam (4-membered cyclic amide) rings is 1. The maximum absolute atomic E-state index is 13.3. The van der Waals surface area contributed by atoms with Crippen molar-refractivity contribution in [2.75, 3.05) is 19.6 Å². The molecular formula is C23H28N3NaO6S. The fourth-order valence-corrected chi connectivity index (χ4v) is 6.61. The SMILES string of the molecule is CC1(C)S[C@@H]2[C@H]([C@H](O)C(=O)N(CC(=O)N3CCCC3)Cc3ccccc3)C(=O)N2[C@H]1C(=O)[O-].[Na+]. The molecule has 178 valence electrons. The Morgan fingerprint density at radius 1 is 1.21 bits per heavy atom. The fraction of sp³-hybridized carbons (Fsp3) is 0.565. The van der Waals surface area contributed by atoms with Gasteiger partial charge >= 0.3 is 29.6 Å². The predicted octanol–water partition coefficient (Wildman–Crippen LogP) is -3.57. The number of likely N-dealkylation sites (tertiary alicyclic amines) is 1. The smallest absolute Gasteiger partial charge is 0.548 e. The summed E-state index contributed by atoms with van der Waals surface area (Å²) in [5.74, 6) is -3.91. The normalized spacial score (nSPS) is 25.7. The van der Waals surface area contributed by atoms with Crippen molar-refractivity contribution in [1.29, 1.82) is 0 Å². The summed E-state index contributed by atoms with van der Waals surface area (Å²) in [6, 6.07) is 8.00. The van der Waals surface area contributed by atoms with Crippen LogP contribution < -0.4 is 34.7 Å². The van der Waals surface area contributed by atoms with Crippen LogP contribution in [0.1, 0.15) is 32.3 Å². The van der Waals surface area contributed by atoms with Crippen LogP contribution >= 0.6 is 11.8 Å². The molecule has 3 heterocycles. The van der Waals surface area contributed by atoms with E-state index in [4.69, 9.17) is 0 Å². The Bertz CT molecular complexity index is 955. The monoisotopic (exact) mass is 497 g/mol. The molecule has 0 radical (unpaired) electrons. The second-order valence-corrected chi connectivity index (χ2v) is 11.1. The number of rotatable bonds is 7. The van der Waals surface area contributed by atoms with Crippen LogP contribution in [0, 0.1) is 5.92 Å². The molecule has 3 aliphatic rings. The topological polar surface area (TPSA) is 121 Å². The van der Waals surface area contributed by atoms with Gasteiger partial charge in [-0.1, -0.05) is 30.3 Å². The predicted molar refractivity (Wildman–Crippen MR) is 118 cm³/mol. The molecule has 0 spiro atoms. The minimum atomic E-state index is -1.67. The average molecular weight is 498 g/mol. The zero-order valence-corrected chi connectivity index (χ0v) is 22.5. The Kier molecular flexibility index (Phi) is 8.40. The number of aliphatic hydroxyl groups excluding tert-OH is 1. The van der Waals surface area contributed by atoms with E-state index in [9.17, 15) is 29.4 Å². The molecule has 1 aromatic carbocycles. The number of fused-ring (bicyclic) bond motifs is 1. The van der Waals surface area contributed by atoms with Crippen LogP contribution in [-0.2, 0) is 25.7 Å².